The summed E-state index contributed by atoms with van der Waals surface area (Å²) in [5.74, 6) is -0.0596. The molecule has 5 aliphatic rings. The first-order valence-electron chi connectivity index (χ1n) is 13.6. The number of carbonyl (C=O) groups is 3. The van der Waals surface area contributed by atoms with Crippen LogP contribution in [0, 0.1) is 10.8 Å². The molecule has 1 aromatic rings. The third kappa shape index (κ3) is 4.77. The number of hydrogen-bond acceptors (Lipinski definition) is 7. The van der Waals surface area contributed by atoms with Gasteiger partial charge >= 0.3 is 0 Å². The number of benzene rings is 1. The molecule has 200 valence electrons. The molecule has 4 aliphatic heterocycles. The van der Waals surface area contributed by atoms with E-state index < -0.39 is 6.04 Å². The number of hydrogen-bond donors (Lipinski definition) is 1. The second-order valence-electron chi connectivity index (χ2n) is 12.4. The van der Waals surface area contributed by atoms with Crippen LogP contribution in [-0.2, 0) is 25.6 Å². The van der Waals surface area contributed by atoms with Crippen molar-refractivity contribution >= 4 is 17.7 Å². The Morgan fingerprint density at radius 2 is 1.73 bits per heavy atom. The highest BCUT2D eigenvalue weighted by atomic mass is 16.5. The van der Waals surface area contributed by atoms with Crippen LogP contribution in [0.3, 0.4) is 0 Å². The molecule has 1 aromatic carbocycles. The zero-order chi connectivity index (χ0) is 25.8. The van der Waals surface area contributed by atoms with E-state index in [4.69, 9.17) is 14.2 Å². The molecular formula is C28H37N3O6. The SMILES string of the molecule is CC1(CN(CC2(C)COC2)[C@@H]2CCC[C@H]2Oc2ccc3c(c2)CN(C2CCC(=O)NC2=O)C3=O)COC1. The Balaban J connectivity index is 1.16. The molecule has 37 heavy (non-hydrogen) atoms. The number of ether oxygens (including phenoxy) is 3. The van der Waals surface area contributed by atoms with E-state index in [9.17, 15) is 14.4 Å². The van der Waals surface area contributed by atoms with Gasteiger partial charge in [0.05, 0.1) is 26.4 Å². The second-order valence-corrected chi connectivity index (χ2v) is 12.4. The summed E-state index contributed by atoms with van der Waals surface area (Å²) < 4.78 is 17.7. The number of amides is 3. The first kappa shape index (κ1) is 24.8. The van der Waals surface area contributed by atoms with Crippen molar-refractivity contribution in [3.05, 3.63) is 29.3 Å². The van der Waals surface area contributed by atoms with Crippen molar-refractivity contribution in [2.24, 2.45) is 10.8 Å². The van der Waals surface area contributed by atoms with E-state index in [1.807, 2.05) is 18.2 Å². The first-order valence-corrected chi connectivity index (χ1v) is 13.6. The topological polar surface area (TPSA) is 97.4 Å². The molecule has 4 fully saturated rings. The maximum atomic E-state index is 13.0. The molecule has 1 N–H and O–H groups in total. The number of imide groups is 1. The lowest BCUT2D eigenvalue weighted by atomic mass is 9.83. The average molecular weight is 512 g/mol. The van der Waals surface area contributed by atoms with Crippen molar-refractivity contribution in [3.63, 3.8) is 0 Å². The molecule has 0 aromatic heterocycles. The fraction of sp³-hybridized carbons (Fsp3) is 0.679. The molecule has 0 spiro atoms. The molecule has 4 heterocycles. The van der Waals surface area contributed by atoms with Gasteiger partial charge in [0.25, 0.3) is 5.91 Å². The molecule has 3 atom stereocenters. The van der Waals surface area contributed by atoms with Crippen LogP contribution in [0.15, 0.2) is 18.2 Å². The summed E-state index contributed by atoms with van der Waals surface area (Å²) in [5, 5.41) is 2.36. The lowest BCUT2D eigenvalue weighted by Crippen LogP contribution is -2.58. The number of rotatable bonds is 8. The van der Waals surface area contributed by atoms with Crippen molar-refractivity contribution in [2.75, 3.05) is 39.5 Å². The summed E-state index contributed by atoms with van der Waals surface area (Å²) in [5.41, 5.74) is 1.84. The number of piperidine rings is 1. The summed E-state index contributed by atoms with van der Waals surface area (Å²) in [6.45, 7) is 10.2. The molecule has 6 rings (SSSR count). The number of nitrogens with zero attached hydrogens (tertiary/aromatic N) is 2. The minimum atomic E-state index is -0.608. The standard InChI is InChI=1S/C28H37N3O6/c1-27(14-35-15-27)12-30(13-28(2)16-36-17-28)21-4-3-5-23(21)37-19-6-7-20-18(10-19)11-31(26(20)34)22-8-9-24(32)29-25(22)33/h6-7,10,21-23H,3-5,8-9,11-17H2,1-2H3,(H,29,32,33)/t21-,22?,23-/m1/s1. The molecule has 1 unspecified atom stereocenters. The van der Waals surface area contributed by atoms with Gasteiger partial charge in [-0.1, -0.05) is 13.8 Å². The fourth-order valence-corrected chi connectivity index (χ4v) is 6.62. The second kappa shape index (κ2) is 9.36. The molecule has 0 bridgehead atoms. The molecule has 1 saturated carbocycles. The van der Waals surface area contributed by atoms with E-state index >= 15 is 0 Å². The van der Waals surface area contributed by atoms with E-state index in [-0.39, 0.29) is 41.1 Å². The molecular weight excluding hydrogens is 474 g/mol. The Morgan fingerprint density at radius 1 is 1.03 bits per heavy atom. The fourth-order valence-electron chi connectivity index (χ4n) is 6.62. The van der Waals surface area contributed by atoms with Gasteiger partial charge in [-0.3, -0.25) is 24.6 Å². The summed E-state index contributed by atoms with van der Waals surface area (Å²) in [6.07, 6.45) is 3.92. The normalized spacial score (nSPS) is 30.1. The molecule has 3 amide bonds. The third-order valence-corrected chi connectivity index (χ3v) is 8.64. The van der Waals surface area contributed by atoms with Crippen LogP contribution < -0.4 is 10.1 Å². The van der Waals surface area contributed by atoms with Gasteiger partial charge in [0.2, 0.25) is 11.8 Å². The van der Waals surface area contributed by atoms with E-state index in [0.29, 0.717) is 24.6 Å². The lowest BCUT2D eigenvalue weighted by molar-refractivity contribution is -0.151. The van der Waals surface area contributed by atoms with Crippen LogP contribution in [0.5, 0.6) is 5.75 Å². The van der Waals surface area contributed by atoms with Crippen molar-refractivity contribution in [2.45, 2.75) is 70.7 Å². The van der Waals surface area contributed by atoms with Crippen molar-refractivity contribution in [1.82, 2.24) is 15.1 Å². The maximum absolute atomic E-state index is 13.0. The highest BCUT2D eigenvalue weighted by Gasteiger charge is 2.45. The summed E-state index contributed by atoms with van der Waals surface area (Å²) >= 11 is 0. The van der Waals surface area contributed by atoms with E-state index in [0.717, 1.165) is 70.1 Å². The van der Waals surface area contributed by atoms with Crippen LogP contribution in [-0.4, -0.2) is 85.2 Å². The Morgan fingerprint density at radius 3 is 2.35 bits per heavy atom. The monoisotopic (exact) mass is 511 g/mol. The predicted octanol–water partition coefficient (Wildman–Crippen LogP) is 2.12. The first-order chi connectivity index (χ1) is 17.7. The van der Waals surface area contributed by atoms with E-state index in [1.165, 1.54) is 0 Å². The Labute approximate surface area is 217 Å². The molecule has 1 aliphatic carbocycles. The van der Waals surface area contributed by atoms with Crippen molar-refractivity contribution in [3.8, 4) is 5.75 Å². The average Bonchev–Trinajstić information content (AvgIpc) is 3.41. The summed E-state index contributed by atoms with van der Waals surface area (Å²) in [4.78, 5) is 41.2. The zero-order valence-corrected chi connectivity index (χ0v) is 21.8. The molecule has 9 heteroatoms. The number of nitrogens with one attached hydrogen (secondary N) is 1. The molecule has 9 nitrogen and oxygen atoms in total. The van der Waals surface area contributed by atoms with Crippen LogP contribution in [0.1, 0.15) is 61.9 Å². The van der Waals surface area contributed by atoms with E-state index in [2.05, 4.69) is 24.1 Å². The van der Waals surface area contributed by atoms with Gasteiger partial charge < -0.3 is 19.1 Å². The van der Waals surface area contributed by atoms with Gasteiger partial charge in [0, 0.05) is 48.5 Å². The van der Waals surface area contributed by atoms with Gasteiger partial charge in [0.15, 0.2) is 0 Å². The zero-order valence-electron chi connectivity index (χ0n) is 21.8. The largest absolute Gasteiger partial charge is 0.489 e. The van der Waals surface area contributed by atoms with Gasteiger partial charge in [-0.05, 0) is 49.4 Å². The highest BCUT2D eigenvalue weighted by molar-refractivity contribution is 6.05. The third-order valence-electron chi connectivity index (χ3n) is 8.64. The predicted molar refractivity (Wildman–Crippen MR) is 134 cm³/mol. The molecule has 0 radical (unpaired) electrons. The Kier molecular flexibility index (Phi) is 6.28. The Hall–Kier alpha value is -2.49. The van der Waals surface area contributed by atoms with Crippen molar-refractivity contribution < 1.29 is 28.6 Å². The van der Waals surface area contributed by atoms with Gasteiger partial charge in [0.1, 0.15) is 17.9 Å². The quantitative estimate of drug-likeness (QED) is 0.534. The van der Waals surface area contributed by atoms with Crippen LogP contribution in [0.25, 0.3) is 0 Å². The van der Waals surface area contributed by atoms with E-state index in [1.54, 1.807) is 4.90 Å². The molecule has 3 saturated heterocycles. The summed E-state index contributed by atoms with van der Waals surface area (Å²) in [7, 11) is 0. The van der Waals surface area contributed by atoms with Gasteiger partial charge in [-0.2, -0.15) is 0 Å². The van der Waals surface area contributed by atoms with Gasteiger partial charge in [-0.25, -0.2) is 0 Å². The summed E-state index contributed by atoms with van der Waals surface area (Å²) in [6, 6.07) is 5.38. The minimum Gasteiger partial charge on any atom is -0.489 e. The van der Waals surface area contributed by atoms with Crippen LogP contribution >= 0.6 is 0 Å². The maximum Gasteiger partial charge on any atom is 0.255 e. The number of carbonyl (C=O) groups excluding carboxylic acids is 3. The smallest absolute Gasteiger partial charge is 0.255 e. The highest BCUT2D eigenvalue weighted by Crippen LogP contribution is 2.38. The van der Waals surface area contributed by atoms with Gasteiger partial charge in [-0.15, -0.1) is 0 Å². The number of fused-ring (bicyclic) bond motifs is 1. The van der Waals surface area contributed by atoms with Crippen LogP contribution in [0.2, 0.25) is 0 Å². The van der Waals surface area contributed by atoms with Crippen LogP contribution in [0.4, 0.5) is 0 Å². The Bertz CT molecular complexity index is 1080. The minimum absolute atomic E-state index is 0.0792. The van der Waals surface area contributed by atoms with Crippen molar-refractivity contribution in [1.29, 1.82) is 0 Å². The lowest BCUT2D eigenvalue weighted by Gasteiger charge is -2.49.